The number of amides is 1. The average Bonchev–Trinajstić information content (AvgIpc) is 2.92. The van der Waals surface area contributed by atoms with Gasteiger partial charge in [0.1, 0.15) is 0 Å². The highest BCUT2D eigenvalue weighted by atomic mass is 16.2. The maximum absolute atomic E-state index is 13.3. The van der Waals surface area contributed by atoms with Crippen LogP contribution in [-0.4, -0.2) is 15.9 Å². The van der Waals surface area contributed by atoms with Crippen LogP contribution in [0.1, 0.15) is 31.4 Å². The zero-order valence-corrected chi connectivity index (χ0v) is 20.2. The molecule has 1 aliphatic rings. The molecule has 5 nitrogen and oxygen atoms in total. The molecular weight excluding hydrogens is 444 g/mol. The molecule has 0 N–H and O–H groups in total. The van der Waals surface area contributed by atoms with E-state index in [9.17, 15) is 10.1 Å². The number of fused-ring (bicyclic) bond motifs is 4. The molecule has 1 amide bonds. The minimum atomic E-state index is -0.595. The number of aromatic nitrogens is 2. The predicted octanol–water partition coefficient (Wildman–Crippen LogP) is 6.86. The van der Waals surface area contributed by atoms with Gasteiger partial charge in [0, 0.05) is 40.8 Å². The van der Waals surface area contributed by atoms with E-state index >= 15 is 0 Å². The monoisotopic (exact) mass is 468 g/mol. The Morgan fingerprint density at radius 1 is 0.861 bits per heavy atom. The van der Waals surface area contributed by atoms with Gasteiger partial charge in [0.2, 0.25) is 5.91 Å². The Bertz CT molecular complexity index is 1700. The van der Waals surface area contributed by atoms with Crippen molar-refractivity contribution in [2.75, 3.05) is 4.90 Å². The summed E-state index contributed by atoms with van der Waals surface area (Å²) in [6, 6.07) is 26.5. The second-order valence-corrected chi connectivity index (χ2v) is 9.79. The van der Waals surface area contributed by atoms with Crippen molar-refractivity contribution in [3.8, 4) is 17.2 Å². The highest BCUT2D eigenvalue weighted by Crippen LogP contribution is 2.41. The number of carbonyl (C=O) groups excluding carboxylic acids is 1. The van der Waals surface area contributed by atoms with Gasteiger partial charge >= 0.3 is 0 Å². The first-order chi connectivity index (χ1) is 17.4. The Kier molecular flexibility index (Phi) is 5.05. The summed E-state index contributed by atoms with van der Waals surface area (Å²) in [7, 11) is 0. The van der Waals surface area contributed by atoms with Crippen molar-refractivity contribution in [1.82, 2.24) is 9.97 Å². The minimum Gasteiger partial charge on any atom is -0.280 e. The lowest BCUT2D eigenvalue weighted by Crippen LogP contribution is -2.31. The second-order valence-electron chi connectivity index (χ2n) is 9.79. The topological polar surface area (TPSA) is 69.9 Å². The number of para-hydroxylation sites is 1. The van der Waals surface area contributed by atoms with Crippen LogP contribution in [0.2, 0.25) is 0 Å². The van der Waals surface area contributed by atoms with Gasteiger partial charge in [-0.1, -0.05) is 36.4 Å². The first kappa shape index (κ1) is 21.9. The number of benzene rings is 3. The van der Waals surface area contributed by atoms with E-state index in [1.165, 1.54) is 0 Å². The maximum atomic E-state index is 13.3. The molecule has 2 aromatic heterocycles. The molecule has 0 bridgehead atoms. The molecule has 6 rings (SSSR count). The van der Waals surface area contributed by atoms with E-state index in [1.807, 2.05) is 79.7 Å². The van der Waals surface area contributed by atoms with Crippen molar-refractivity contribution in [3.63, 3.8) is 0 Å². The third-order valence-corrected chi connectivity index (χ3v) is 7.05. The van der Waals surface area contributed by atoms with E-state index in [2.05, 4.69) is 35.3 Å². The number of anilines is 2. The quantitative estimate of drug-likeness (QED) is 0.290. The highest BCUT2D eigenvalue weighted by Gasteiger charge is 2.29. The van der Waals surface area contributed by atoms with Crippen LogP contribution >= 0.6 is 0 Å². The lowest BCUT2D eigenvalue weighted by Gasteiger charge is -2.31. The zero-order chi connectivity index (χ0) is 24.9. The van der Waals surface area contributed by atoms with Crippen LogP contribution in [0.15, 0.2) is 85.2 Å². The highest BCUT2D eigenvalue weighted by molar-refractivity contribution is 6.11. The lowest BCUT2D eigenvalue weighted by molar-refractivity contribution is -0.118. The van der Waals surface area contributed by atoms with E-state index in [1.54, 1.807) is 0 Å². The van der Waals surface area contributed by atoms with Crippen molar-refractivity contribution >= 4 is 39.1 Å². The van der Waals surface area contributed by atoms with Gasteiger partial charge in [0.25, 0.3) is 0 Å². The first-order valence-corrected chi connectivity index (χ1v) is 12.1. The summed E-state index contributed by atoms with van der Waals surface area (Å²) in [5.74, 6) is 0.0556. The molecule has 174 valence electrons. The predicted molar refractivity (Wildman–Crippen MR) is 143 cm³/mol. The Morgan fingerprint density at radius 2 is 1.64 bits per heavy atom. The molecule has 3 aromatic carbocycles. The van der Waals surface area contributed by atoms with Gasteiger partial charge < -0.3 is 0 Å². The van der Waals surface area contributed by atoms with Crippen LogP contribution in [0.25, 0.3) is 32.9 Å². The maximum Gasteiger partial charge on any atom is 0.231 e. The smallest absolute Gasteiger partial charge is 0.231 e. The molecule has 0 spiro atoms. The molecule has 1 aliphatic heterocycles. The number of hydrogen-bond donors (Lipinski definition) is 0. The van der Waals surface area contributed by atoms with Crippen LogP contribution in [0.3, 0.4) is 0 Å². The summed E-state index contributed by atoms with van der Waals surface area (Å²) >= 11 is 0. The summed E-state index contributed by atoms with van der Waals surface area (Å²) in [4.78, 5) is 24.4. The van der Waals surface area contributed by atoms with Crippen LogP contribution < -0.4 is 4.90 Å². The summed E-state index contributed by atoms with van der Waals surface area (Å²) in [6.07, 6.45) is 4.88. The number of nitriles is 1. The van der Waals surface area contributed by atoms with E-state index in [-0.39, 0.29) is 5.91 Å². The minimum absolute atomic E-state index is 0.0556. The summed E-state index contributed by atoms with van der Waals surface area (Å²) < 4.78 is 0. The fourth-order valence-electron chi connectivity index (χ4n) is 4.92. The molecule has 3 heterocycles. The molecule has 5 heteroatoms. The van der Waals surface area contributed by atoms with Crippen LogP contribution in [0.5, 0.6) is 0 Å². The fraction of sp³-hybridized carbons (Fsp3) is 0.161. The summed E-state index contributed by atoms with van der Waals surface area (Å²) in [6.45, 7) is 3.79. The summed E-state index contributed by atoms with van der Waals surface area (Å²) in [5, 5.41) is 11.5. The van der Waals surface area contributed by atoms with Crippen LogP contribution in [0.4, 0.5) is 11.4 Å². The van der Waals surface area contributed by atoms with E-state index < -0.39 is 5.41 Å². The Hall–Kier alpha value is -4.56. The molecule has 0 atom stereocenters. The summed E-state index contributed by atoms with van der Waals surface area (Å²) in [5.41, 5.74) is 6.91. The number of pyridine rings is 2. The Morgan fingerprint density at radius 3 is 2.44 bits per heavy atom. The fourth-order valence-corrected chi connectivity index (χ4v) is 4.92. The standard InChI is InChI=1S/C31H24N4O/c1-31(2,19-32)24-9-11-25(12-10-24)35-29(36)14-8-22-17-34-28-13-7-20(16-26(28)30(22)35)23-15-21-5-3-4-6-27(21)33-18-23/h3-7,9-13,15-18H,8,14H2,1-2H3. The van der Waals surface area contributed by atoms with Crippen molar-refractivity contribution in [3.05, 3.63) is 96.3 Å². The van der Waals surface area contributed by atoms with E-state index in [0.717, 1.165) is 55.4 Å². The van der Waals surface area contributed by atoms with Gasteiger partial charge in [0.15, 0.2) is 0 Å². The number of nitrogens with zero attached hydrogens (tertiary/aromatic N) is 4. The molecule has 0 saturated heterocycles. The zero-order valence-electron chi connectivity index (χ0n) is 20.2. The normalized spacial score (nSPS) is 13.6. The molecular formula is C31H24N4O. The Balaban J connectivity index is 1.51. The molecule has 0 radical (unpaired) electrons. The molecule has 5 aromatic rings. The number of carbonyl (C=O) groups is 1. The van der Waals surface area contributed by atoms with Crippen molar-refractivity contribution in [2.45, 2.75) is 32.1 Å². The van der Waals surface area contributed by atoms with Gasteiger partial charge in [-0.15, -0.1) is 0 Å². The van der Waals surface area contributed by atoms with Crippen molar-refractivity contribution in [1.29, 1.82) is 5.26 Å². The first-order valence-electron chi connectivity index (χ1n) is 12.1. The van der Waals surface area contributed by atoms with Gasteiger partial charge in [-0.3, -0.25) is 19.7 Å². The SMILES string of the molecule is CC(C)(C#N)c1ccc(N2C(=O)CCc3cnc4ccc(-c5cnc6ccccc6c5)cc4c32)cc1. The van der Waals surface area contributed by atoms with Gasteiger partial charge in [-0.05, 0) is 73.4 Å². The number of aryl methyl sites for hydroxylation is 1. The number of rotatable bonds is 3. The molecule has 0 fully saturated rings. The van der Waals surface area contributed by atoms with Gasteiger partial charge in [0.05, 0.1) is 28.2 Å². The van der Waals surface area contributed by atoms with Crippen molar-refractivity contribution < 1.29 is 4.79 Å². The number of hydrogen-bond acceptors (Lipinski definition) is 4. The molecule has 0 unspecified atom stereocenters. The molecule has 0 aliphatic carbocycles. The van der Waals surface area contributed by atoms with Crippen molar-refractivity contribution in [2.24, 2.45) is 0 Å². The van der Waals surface area contributed by atoms with Gasteiger partial charge in [-0.2, -0.15) is 5.26 Å². The lowest BCUT2D eigenvalue weighted by atomic mass is 9.86. The van der Waals surface area contributed by atoms with E-state index in [4.69, 9.17) is 4.98 Å². The molecule has 0 saturated carbocycles. The molecule has 36 heavy (non-hydrogen) atoms. The Labute approximate surface area is 209 Å². The van der Waals surface area contributed by atoms with Crippen LogP contribution in [0, 0.1) is 11.3 Å². The van der Waals surface area contributed by atoms with E-state index in [0.29, 0.717) is 12.8 Å². The largest absolute Gasteiger partial charge is 0.280 e. The third-order valence-electron chi connectivity index (χ3n) is 7.05. The third kappa shape index (κ3) is 3.59. The van der Waals surface area contributed by atoms with Gasteiger partial charge in [-0.25, -0.2) is 0 Å². The van der Waals surface area contributed by atoms with Crippen LogP contribution in [-0.2, 0) is 16.6 Å². The second kappa shape index (κ2) is 8.28. The average molecular weight is 469 g/mol.